The third-order valence-corrected chi connectivity index (χ3v) is 5.57. The van der Waals surface area contributed by atoms with Crippen molar-refractivity contribution in [3.8, 4) is 0 Å². The second-order valence-corrected chi connectivity index (χ2v) is 8.69. The van der Waals surface area contributed by atoms with E-state index in [2.05, 4.69) is 10.6 Å². The van der Waals surface area contributed by atoms with Crippen LogP contribution in [0.15, 0.2) is 41.3 Å². The van der Waals surface area contributed by atoms with Crippen molar-refractivity contribution in [2.45, 2.75) is 11.3 Å². The number of nitro benzene ring substituents is 1. The van der Waals surface area contributed by atoms with Gasteiger partial charge in [-0.05, 0) is 29.8 Å². The van der Waals surface area contributed by atoms with Crippen LogP contribution in [-0.2, 0) is 21.1 Å². The SMILES string of the molecule is CS(=O)(=O)c1ccc(NCCNC(=O)Cc2c(Cl)cccc2Cl)c([N+](=O)[O-])c1. The molecule has 0 spiro atoms. The highest BCUT2D eigenvalue weighted by atomic mass is 35.5. The Morgan fingerprint density at radius 3 is 2.36 bits per heavy atom. The van der Waals surface area contributed by atoms with Crippen molar-refractivity contribution in [1.82, 2.24) is 5.32 Å². The summed E-state index contributed by atoms with van der Waals surface area (Å²) in [4.78, 5) is 22.4. The van der Waals surface area contributed by atoms with Gasteiger partial charge in [-0.1, -0.05) is 29.3 Å². The number of carbonyl (C=O) groups is 1. The van der Waals surface area contributed by atoms with Gasteiger partial charge >= 0.3 is 0 Å². The molecular weight excluding hydrogens is 429 g/mol. The van der Waals surface area contributed by atoms with Crippen molar-refractivity contribution in [3.05, 3.63) is 62.1 Å². The van der Waals surface area contributed by atoms with E-state index in [0.29, 0.717) is 15.6 Å². The molecular formula is C17H17Cl2N3O5S. The van der Waals surface area contributed by atoms with E-state index in [4.69, 9.17) is 23.2 Å². The largest absolute Gasteiger partial charge is 0.378 e. The standard InChI is InChI=1S/C17H17Cl2N3O5S/c1-28(26,27)11-5-6-15(16(9-11)22(24)25)20-7-8-21-17(23)10-12-13(18)3-2-4-14(12)19/h2-6,9,20H,7-8,10H2,1H3,(H,21,23). The molecule has 0 aliphatic carbocycles. The maximum Gasteiger partial charge on any atom is 0.293 e. The Balaban J connectivity index is 1.94. The van der Waals surface area contributed by atoms with Crippen molar-refractivity contribution >= 4 is 50.3 Å². The number of rotatable bonds is 8. The topological polar surface area (TPSA) is 118 Å². The van der Waals surface area contributed by atoms with Gasteiger partial charge in [-0.2, -0.15) is 0 Å². The van der Waals surface area contributed by atoms with Crippen LogP contribution >= 0.6 is 23.2 Å². The molecule has 1 amide bonds. The van der Waals surface area contributed by atoms with Crippen LogP contribution in [0.5, 0.6) is 0 Å². The predicted octanol–water partition coefficient (Wildman–Crippen LogP) is 3.08. The van der Waals surface area contributed by atoms with Crippen LogP contribution < -0.4 is 10.6 Å². The molecule has 8 nitrogen and oxygen atoms in total. The zero-order chi connectivity index (χ0) is 20.9. The maximum absolute atomic E-state index is 12.0. The van der Waals surface area contributed by atoms with Gasteiger partial charge in [0, 0.05) is 35.5 Å². The Hall–Kier alpha value is -2.36. The molecule has 0 unspecified atom stereocenters. The fourth-order valence-corrected chi connectivity index (χ4v) is 3.54. The van der Waals surface area contributed by atoms with E-state index in [9.17, 15) is 23.3 Å². The molecule has 11 heteroatoms. The van der Waals surface area contributed by atoms with Crippen molar-refractivity contribution in [2.24, 2.45) is 0 Å². The summed E-state index contributed by atoms with van der Waals surface area (Å²) in [5, 5.41) is 17.4. The van der Waals surface area contributed by atoms with Gasteiger partial charge in [0.05, 0.1) is 16.2 Å². The summed E-state index contributed by atoms with van der Waals surface area (Å²) >= 11 is 12.0. The summed E-state index contributed by atoms with van der Waals surface area (Å²) in [5.41, 5.74) is 0.307. The van der Waals surface area contributed by atoms with E-state index < -0.39 is 14.8 Å². The predicted molar refractivity (Wildman–Crippen MR) is 108 cm³/mol. The third kappa shape index (κ3) is 5.82. The normalized spacial score (nSPS) is 11.1. The minimum absolute atomic E-state index is 0.00170. The molecule has 0 atom stereocenters. The average Bonchev–Trinajstić information content (AvgIpc) is 2.61. The molecule has 0 aliphatic rings. The molecule has 0 fully saturated rings. The van der Waals surface area contributed by atoms with Crippen LogP contribution in [0.1, 0.15) is 5.56 Å². The Morgan fingerprint density at radius 1 is 1.14 bits per heavy atom. The lowest BCUT2D eigenvalue weighted by atomic mass is 10.1. The van der Waals surface area contributed by atoms with Crippen LogP contribution in [-0.4, -0.2) is 38.6 Å². The van der Waals surface area contributed by atoms with Crippen molar-refractivity contribution in [2.75, 3.05) is 24.7 Å². The van der Waals surface area contributed by atoms with Gasteiger partial charge < -0.3 is 10.6 Å². The molecule has 0 radical (unpaired) electrons. The number of sulfone groups is 1. The minimum atomic E-state index is -3.56. The van der Waals surface area contributed by atoms with Crippen molar-refractivity contribution in [3.63, 3.8) is 0 Å². The van der Waals surface area contributed by atoms with E-state index >= 15 is 0 Å². The van der Waals surface area contributed by atoms with E-state index in [1.54, 1.807) is 18.2 Å². The highest BCUT2D eigenvalue weighted by Gasteiger charge is 2.18. The second kappa shape index (κ2) is 9.22. The van der Waals surface area contributed by atoms with Crippen LogP contribution in [0.2, 0.25) is 10.0 Å². The van der Waals surface area contributed by atoms with Gasteiger partial charge in [0.1, 0.15) is 5.69 Å². The molecule has 2 aromatic rings. The number of nitrogens with one attached hydrogen (secondary N) is 2. The first-order valence-corrected chi connectivity index (χ1v) is 10.7. The number of hydrogen-bond acceptors (Lipinski definition) is 6. The zero-order valence-corrected chi connectivity index (χ0v) is 17.1. The fraction of sp³-hybridized carbons (Fsp3) is 0.235. The number of halogens is 2. The molecule has 0 heterocycles. The lowest BCUT2D eigenvalue weighted by molar-refractivity contribution is -0.384. The molecule has 2 N–H and O–H groups in total. The molecule has 2 rings (SSSR count). The fourth-order valence-electron chi connectivity index (χ4n) is 2.37. The van der Waals surface area contributed by atoms with E-state index in [-0.39, 0.29) is 41.7 Å². The number of hydrogen-bond donors (Lipinski definition) is 2. The van der Waals surface area contributed by atoms with Crippen LogP contribution in [0.3, 0.4) is 0 Å². The lowest BCUT2D eigenvalue weighted by Gasteiger charge is -2.10. The zero-order valence-electron chi connectivity index (χ0n) is 14.7. The lowest BCUT2D eigenvalue weighted by Crippen LogP contribution is -2.30. The average molecular weight is 446 g/mol. The van der Waals surface area contributed by atoms with Gasteiger partial charge in [-0.15, -0.1) is 0 Å². The summed E-state index contributed by atoms with van der Waals surface area (Å²) in [6.45, 7) is 0.382. The summed E-state index contributed by atoms with van der Waals surface area (Å²) in [6.07, 6.45) is 0.974. The van der Waals surface area contributed by atoms with Gasteiger partial charge in [-0.25, -0.2) is 8.42 Å². The highest BCUT2D eigenvalue weighted by molar-refractivity contribution is 7.90. The first-order chi connectivity index (χ1) is 13.1. The Bertz CT molecular complexity index is 992. The van der Waals surface area contributed by atoms with Gasteiger partial charge in [-0.3, -0.25) is 14.9 Å². The third-order valence-electron chi connectivity index (χ3n) is 3.76. The number of anilines is 1. The minimum Gasteiger partial charge on any atom is -0.378 e. The van der Waals surface area contributed by atoms with Gasteiger partial charge in [0.15, 0.2) is 9.84 Å². The van der Waals surface area contributed by atoms with Crippen LogP contribution in [0, 0.1) is 10.1 Å². The summed E-state index contributed by atoms with van der Waals surface area (Å²) in [5.74, 6) is -0.307. The van der Waals surface area contributed by atoms with Crippen molar-refractivity contribution in [1.29, 1.82) is 0 Å². The Labute approximate surface area is 171 Å². The molecule has 150 valence electrons. The molecule has 0 aromatic heterocycles. The van der Waals surface area contributed by atoms with Crippen molar-refractivity contribution < 1.29 is 18.1 Å². The quantitative estimate of drug-likeness (QED) is 0.366. The summed E-state index contributed by atoms with van der Waals surface area (Å²) in [7, 11) is -3.56. The van der Waals surface area contributed by atoms with E-state index in [1.165, 1.54) is 12.1 Å². The highest BCUT2D eigenvalue weighted by Crippen LogP contribution is 2.27. The van der Waals surface area contributed by atoms with E-state index in [0.717, 1.165) is 12.3 Å². The van der Waals surface area contributed by atoms with Gasteiger partial charge in [0.2, 0.25) is 5.91 Å². The first kappa shape index (κ1) is 21.9. The Morgan fingerprint density at radius 2 is 1.79 bits per heavy atom. The molecule has 0 bridgehead atoms. The Kier molecular flexibility index (Phi) is 7.22. The van der Waals surface area contributed by atoms with E-state index in [1.807, 2.05) is 0 Å². The summed E-state index contributed by atoms with van der Waals surface area (Å²) in [6, 6.07) is 8.55. The number of amides is 1. The van der Waals surface area contributed by atoms with Gasteiger partial charge in [0.25, 0.3) is 5.69 Å². The molecule has 2 aromatic carbocycles. The van der Waals surface area contributed by atoms with Crippen LogP contribution in [0.4, 0.5) is 11.4 Å². The molecule has 0 saturated heterocycles. The smallest absolute Gasteiger partial charge is 0.293 e. The molecule has 0 aliphatic heterocycles. The van der Waals surface area contributed by atoms with Crippen LogP contribution in [0.25, 0.3) is 0 Å². The number of nitrogens with zero attached hydrogens (tertiary/aromatic N) is 1. The summed E-state index contributed by atoms with van der Waals surface area (Å²) < 4.78 is 23.1. The maximum atomic E-state index is 12.0. The second-order valence-electron chi connectivity index (χ2n) is 5.86. The molecule has 0 saturated carbocycles. The molecule has 28 heavy (non-hydrogen) atoms. The number of carbonyl (C=O) groups excluding carboxylic acids is 1. The number of nitro groups is 1. The number of benzene rings is 2. The first-order valence-electron chi connectivity index (χ1n) is 8.01. The monoisotopic (exact) mass is 445 g/mol.